The SMILES string of the molecule is O=C(N[C@H]1C2CC3CC1C[C@](O)(C3)C2)c1cnn(CCNCC(F)(F)F)c1OCC1CCCCC1. The van der Waals surface area contributed by atoms with E-state index in [2.05, 4.69) is 15.7 Å². The molecule has 10 heteroatoms. The van der Waals surface area contributed by atoms with Crippen LogP contribution in [0.1, 0.15) is 74.6 Å². The Morgan fingerprint density at radius 3 is 2.54 bits per heavy atom. The van der Waals surface area contributed by atoms with Crippen LogP contribution in [-0.4, -0.2) is 58.3 Å². The van der Waals surface area contributed by atoms with Crippen molar-refractivity contribution in [3.63, 3.8) is 0 Å². The summed E-state index contributed by atoms with van der Waals surface area (Å²) in [6.45, 7) is -0.357. The molecule has 1 amide bonds. The van der Waals surface area contributed by atoms with E-state index in [0.717, 1.165) is 44.9 Å². The zero-order chi connectivity index (χ0) is 24.6. The third-order valence-corrected chi connectivity index (χ3v) is 8.58. The van der Waals surface area contributed by atoms with Crippen LogP contribution in [0.4, 0.5) is 13.2 Å². The molecule has 1 heterocycles. The van der Waals surface area contributed by atoms with E-state index in [1.807, 2.05) is 0 Å². The van der Waals surface area contributed by atoms with Gasteiger partial charge >= 0.3 is 6.18 Å². The number of aliphatic hydroxyl groups is 1. The number of alkyl halides is 3. The maximum absolute atomic E-state index is 13.4. The van der Waals surface area contributed by atoms with Gasteiger partial charge in [0.1, 0.15) is 5.56 Å². The monoisotopic (exact) mass is 498 g/mol. The third kappa shape index (κ3) is 5.79. The first-order chi connectivity index (χ1) is 16.7. The van der Waals surface area contributed by atoms with Crippen molar-refractivity contribution in [2.45, 2.75) is 88.6 Å². The molecule has 2 unspecified atom stereocenters. The molecule has 0 spiro atoms. The fourth-order valence-electron chi connectivity index (χ4n) is 7.25. The van der Waals surface area contributed by atoms with Crippen molar-refractivity contribution in [1.82, 2.24) is 20.4 Å². The third-order valence-electron chi connectivity index (χ3n) is 8.58. The Hall–Kier alpha value is -1.81. The molecule has 0 aliphatic heterocycles. The topological polar surface area (TPSA) is 88.4 Å². The molecule has 1 aromatic rings. The number of aromatic nitrogens is 2. The Labute approximate surface area is 204 Å². The number of hydrogen-bond acceptors (Lipinski definition) is 5. The predicted molar refractivity (Wildman–Crippen MR) is 123 cm³/mol. The van der Waals surface area contributed by atoms with Crippen molar-refractivity contribution in [3.05, 3.63) is 11.8 Å². The Bertz CT molecular complexity index is 883. The van der Waals surface area contributed by atoms with Gasteiger partial charge in [-0.15, -0.1) is 0 Å². The lowest BCUT2D eigenvalue weighted by Gasteiger charge is -2.58. The molecule has 35 heavy (non-hydrogen) atoms. The molecule has 196 valence electrons. The highest BCUT2D eigenvalue weighted by Gasteiger charge is 2.55. The van der Waals surface area contributed by atoms with Crippen molar-refractivity contribution in [2.24, 2.45) is 23.7 Å². The second-order valence-electron chi connectivity index (χ2n) is 11.4. The highest BCUT2D eigenvalue weighted by molar-refractivity contribution is 5.96. The fraction of sp³-hybridized carbons (Fsp3) is 0.840. The Morgan fingerprint density at radius 2 is 1.89 bits per heavy atom. The molecule has 5 aliphatic rings. The average molecular weight is 499 g/mol. The van der Waals surface area contributed by atoms with Crippen LogP contribution in [0.2, 0.25) is 0 Å². The highest BCUT2D eigenvalue weighted by Crippen LogP contribution is 2.55. The van der Waals surface area contributed by atoms with Gasteiger partial charge in [0, 0.05) is 12.6 Å². The van der Waals surface area contributed by atoms with Crippen LogP contribution in [0.15, 0.2) is 6.20 Å². The molecule has 1 aromatic heterocycles. The van der Waals surface area contributed by atoms with Crippen LogP contribution in [0, 0.1) is 23.7 Å². The molecule has 6 rings (SSSR count). The van der Waals surface area contributed by atoms with E-state index in [4.69, 9.17) is 4.74 Å². The lowest BCUT2D eigenvalue weighted by atomic mass is 9.52. The summed E-state index contributed by atoms with van der Waals surface area (Å²) >= 11 is 0. The van der Waals surface area contributed by atoms with Gasteiger partial charge < -0.3 is 20.5 Å². The molecule has 3 N–H and O–H groups in total. The van der Waals surface area contributed by atoms with E-state index >= 15 is 0 Å². The zero-order valence-electron chi connectivity index (χ0n) is 20.2. The highest BCUT2D eigenvalue weighted by atomic mass is 19.4. The van der Waals surface area contributed by atoms with Crippen molar-refractivity contribution < 1.29 is 27.8 Å². The Kier molecular flexibility index (Phi) is 7.05. The van der Waals surface area contributed by atoms with Gasteiger partial charge in [-0.05, 0) is 68.6 Å². The molecule has 0 saturated heterocycles. The van der Waals surface area contributed by atoms with E-state index < -0.39 is 18.3 Å². The minimum absolute atomic E-state index is 0.0299. The summed E-state index contributed by atoms with van der Waals surface area (Å²) in [5.74, 6) is 1.61. The number of nitrogens with one attached hydrogen (secondary N) is 2. The minimum Gasteiger partial charge on any atom is -0.477 e. The van der Waals surface area contributed by atoms with Gasteiger partial charge in [-0.25, -0.2) is 4.68 Å². The summed E-state index contributed by atoms with van der Waals surface area (Å²) in [7, 11) is 0. The molecular formula is C25H37F3N4O3. The number of rotatable bonds is 9. The number of nitrogens with zero attached hydrogens (tertiary/aromatic N) is 2. The van der Waals surface area contributed by atoms with Crippen molar-refractivity contribution in [2.75, 3.05) is 19.7 Å². The number of hydrogen-bond donors (Lipinski definition) is 3. The van der Waals surface area contributed by atoms with E-state index in [1.54, 1.807) is 0 Å². The lowest BCUT2D eigenvalue weighted by Crippen LogP contribution is -2.61. The summed E-state index contributed by atoms with van der Waals surface area (Å²) in [4.78, 5) is 13.4. The molecule has 5 aliphatic carbocycles. The number of ether oxygens (including phenoxy) is 1. The standard InChI is InChI=1S/C25H37F3N4O3/c26-25(27,28)15-29-6-7-32-23(35-14-16-4-2-1-3-5-16)20(13-30-32)22(33)31-21-18-8-17-9-19(21)12-24(34,10-17)11-18/h13,16-19,21,29,34H,1-12,14-15H2,(H,31,33)/t17?,18?,19?,21-,24-. The number of halogens is 3. The van der Waals surface area contributed by atoms with Gasteiger partial charge in [-0.1, -0.05) is 19.3 Å². The predicted octanol–water partition coefficient (Wildman–Crippen LogP) is 3.66. The first kappa shape index (κ1) is 24.9. The van der Waals surface area contributed by atoms with Gasteiger partial charge in [-0.3, -0.25) is 4.79 Å². The van der Waals surface area contributed by atoms with Crippen molar-refractivity contribution in [3.8, 4) is 5.88 Å². The molecular weight excluding hydrogens is 461 g/mol. The van der Waals surface area contributed by atoms with Crippen LogP contribution < -0.4 is 15.4 Å². The van der Waals surface area contributed by atoms with Gasteiger partial charge in [-0.2, -0.15) is 18.3 Å². The van der Waals surface area contributed by atoms with Crippen LogP contribution in [0.3, 0.4) is 0 Å². The van der Waals surface area contributed by atoms with E-state index in [-0.39, 0.29) is 36.9 Å². The fourth-order valence-corrected chi connectivity index (χ4v) is 7.25. The summed E-state index contributed by atoms with van der Waals surface area (Å²) in [6, 6.07) is 0.0299. The lowest BCUT2D eigenvalue weighted by molar-refractivity contribution is -0.137. The minimum atomic E-state index is -4.28. The van der Waals surface area contributed by atoms with Gasteiger partial charge in [0.15, 0.2) is 0 Å². The maximum atomic E-state index is 13.4. The molecule has 0 aromatic carbocycles. The summed E-state index contributed by atoms with van der Waals surface area (Å²) in [5.41, 5.74) is -0.232. The van der Waals surface area contributed by atoms with Crippen LogP contribution in [0.25, 0.3) is 0 Å². The normalized spacial score (nSPS) is 32.7. The largest absolute Gasteiger partial charge is 0.477 e. The number of amides is 1. The van der Waals surface area contributed by atoms with Gasteiger partial charge in [0.05, 0.1) is 31.5 Å². The molecule has 5 fully saturated rings. The maximum Gasteiger partial charge on any atom is 0.401 e. The first-order valence-corrected chi connectivity index (χ1v) is 13.2. The average Bonchev–Trinajstić information content (AvgIpc) is 3.19. The Balaban J connectivity index is 1.26. The van der Waals surface area contributed by atoms with Crippen molar-refractivity contribution >= 4 is 5.91 Å². The summed E-state index contributed by atoms with van der Waals surface area (Å²) in [5, 5.41) is 20.8. The molecule has 7 nitrogen and oxygen atoms in total. The molecule has 5 saturated carbocycles. The van der Waals surface area contributed by atoms with Gasteiger partial charge in [0.2, 0.25) is 5.88 Å². The second-order valence-corrected chi connectivity index (χ2v) is 11.4. The number of carbonyl (C=O) groups excluding carboxylic acids is 1. The number of carbonyl (C=O) groups is 1. The van der Waals surface area contributed by atoms with E-state index in [1.165, 1.54) is 30.1 Å². The molecule has 2 atom stereocenters. The smallest absolute Gasteiger partial charge is 0.401 e. The van der Waals surface area contributed by atoms with E-state index in [0.29, 0.717) is 29.9 Å². The summed E-state index contributed by atoms with van der Waals surface area (Å²) in [6.07, 6.45) is 7.36. The summed E-state index contributed by atoms with van der Waals surface area (Å²) < 4.78 is 45.1. The molecule has 4 bridgehead atoms. The van der Waals surface area contributed by atoms with Crippen LogP contribution in [0.5, 0.6) is 5.88 Å². The van der Waals surface area contributed by atoms with Gasteiger partial charge in [0.25, 0.3) is 5.91 Å². The quantitative estimate of drug-likeness (QED) is 0.453. The van der Waals surface area contributed by atoms with Crippen molar-refractivity contribution in [1.29, 1.82) is 0 Å². The first-order valence-electron chi connectivity index (χ1n) is 13.2. The zero-order valence-corrected chi connectivity index (χ0v) is 20.2. The van der Waals surface area contributed by atoms with Crippen LogP contribution in [-0.2, 0) is 6.54 Å². The van der Waals surface area contributed by atoms with E-state index in [9.17, 15) is 23.1 Å². The Morgan fingerprint density at radius 1 is 1.17 bits per heavy atom. The second kappa shape index (κ2) is 9.92. The molecule has 0 radical (unpaired) electrons. The van der Waals surface area contributed by atoms with Crippen LogP contribution >= 0.6 is 0 Å².